The summed E-state index contributed by atoms with van der Waals surface area (Å²) in [4.78, 5) is 11.9. The number of hydrazone groups is 1. The quantitative estimate of drug-likeness (QED) is 0.633. The first-order valence-electron chi connectivity index (χ1n) is 7.78. The van der Waals surface area contributed by atoms with Gasteiger partial charge in [0.1, 0.15) is 5.75 Å². The monoisotopic (exact) mass is 325 g/mol. The fourth-order valence-corrected chi connectivity index (χ4v) is 2.57. The van der Waals surface area contributed by atoms with Gasteiger partial charge in [0.25, 0.3) is 5.91 Å². The summed E-state index contributed by atoms with van der Waals surface area (Å²) < 4.78 is 5.23. The van der Waals surface area contributed by atoms with E-state index in [2.05, 4.69) is 34.9 Å². The van der Waals surface area contributed by atoms with Crippen LogP contribution in [0.3, 0.4) is 0 Å². The van der Waals surface area contributed by atoms with E-state index in [1.165, 1.54) is 5.56 Å². The molecule has 0 aliphatic rings. The minimum atomic E-state index is -0.223. The number of anilines is 1. The Morgan fingerprint density at radius 2 is 1.83 bits per heavy atom. The molecule has 0 saturated heterocycles. The van der Waals surface area contributed by atoms with Gasteiger partial charge in [0.05, 0.1) is 25.6 Å². The van der Waals surface area contributed by atoms with Crippen LogP contribution in [0.25, 0.3) is 0 Å². The van der Waals surface area contributed by atoms with Gasteiger partial charge in [0.15, 0.2) is 0 Å². The van der Waals surface area contributed by atoms with Crippen LogP contribution in [0.1, 0.15) is 22.3 Å². The number of hydrogen-bond acceptors (Lipinski definition) is 4. The molecule has 0 aliphatic heterocycles. The average molecular weight is 325 g/mol. The molecule has 0 fully saturated rings. The van der Waals surface area contributed by atoms with Gasteiger partial charge in [0, 0.05) is 5.56 Å². The van der Waals surface area contributed by atoms with Crippen molar-refractivity contribution in [2.24, 2.45) is 5.10 Å². The van der Waals surface area contributed by atoms with E-state index in [1.807, 2.05) is 38.1 Å². The molecule has 0 atom stereocenters. The number of rotatable bonds is 6. The fourth-order valence-electron chi connectivity index (χ4n) is 2.57. The number of nitrogens with zero attached hydrogens (tertiary/aromatic N) is 1. The zero-order valence-corrected chi connectivity index (χ0v) is 14.5. The molecule has 0 aromatic heterocycles. The number of amides is 1. The summed E-state index contributed by atoms with van der Waals surface area (Å²) in [7, 11) is 1.59. The number of methoxy groups -OCH3 is 1. The molecular formula is C19H23N3O2. The summed E-state index contributed by atoms with van der Waals surface area (Å²) in [6, 6.07) is 11.6. The van der Waals surface area contributed by atoms with E-state index >= 15 is 0 Å². The van der Waals surface area contributed by atoms with E-state index in [-0.39, 0.29) is 12.5 Å². The highest BCUT2D eigenvalue weighted by Gasteiger charge is 2.04. The van der Waals surface area contributed by atoms with Crippen molar-refractivity contribution in [2.45, 2.75) is 20.8 Å². The number of hydrogen-bond donors (Lipinski definition) is 2. The molecule has 2 aromatic carbocycles. The summed E-state index contributed by atoms with van der Waals surface area (Å²) in [6.07, 6.45) is 1.69. The first-order chi connectivity index (χ1) is 11.5. The van der Waals surface area contributed by atoms with E-state index in [4.69, 9.17) is 4.74 Å². The second kappa shape index (κ2) is 8.15. The second-order valence-corrected chi connectivity index (χ2v) is 5.66. The smallest absolute Gasteiger partial charge is 0.259 e. The predicted octanol–water partition coefficient (Wildman–Crippen LogP) is 3.18. The molecule has 0 radical (unpaired) electrons. The van der Waals surface area contributed by atoms with Crippen molar-refractivity contribution in [3.63, 3.8) is 0 Å². The lowest BCUT2D eigenvalue weighted by atomic mass is 10.0. The largest absolute Gasteiger partial charge is 0.495 e. The Bertz CT molecular complexity index is 731. The molecule has 2 N–H and O–H groups in total. The number of aryl methyl sites for hydroxylation is 3. The number of ether oxygens (including phenoxy) is 1. The summed E-state index contributed by atoms with van der Waals surface area (Å²) in [5.41, 5.74) is 7.82. The normalized spacial score (nSPS) is 10.7. The van der Waals surface area contributed by atoms with Gasteiger partial charge in [-0.15, -0.1) is 0 Å². The second-order valence-electron chi connectivity index (χ2n) is 5.66. The van der Waals surface area contributed by atoms with Crippen molar-refractivity contribution >= 4 is 17.8 Å². The Morgan fingerprint density at radius 1 is 1.17 bits per heavy atom. The van der Waals surface area contributed by atoms with Crippen LogP contribution in [-0.4, -0.2) is 25.8 Å². The van der Waals surface area contributed by atoms with Crippen LogP contribution in [0.5, 0.6) is 5.75 Å². The first kappa shape index (κ1) is 17.5. The number of para-hydroxylation sites is 2. The van der Waals surface area contributed by atoms with Gasteiger partial charge in [-0.2, -0.15) is 5.10 Å². The zero-order chi connectivity index (χ0) is 17.5. The standard InChI is InChI=1S/C19H23N3O2/c1-13-9-14(2)16(15(3)10-13)11-21-22-19(23)12-20-17-7-5-6-8-18(17)24-4/h5-11,20H,12H2,1-4H3,(H,22,23). The van der Waals surface area contributed by atoms with Crippen LogP contribution < -0.4 is 15.5 Å². The van der Waals surface area contributed by atoms with Crippen molar-refractivity contribution in [3.05, 3.63) is 58.7 Å². The van der Waals surface area contributed by atoms with E-state index in [9.17, 15) is 4.79 Å². The molecule has 2 rings (SSSR count). The maximum atomic E-state index is 11.9. The lowest BCUT2D eigenvalue weighted by molar-refractivity contribution is -0.119. The number of carbonyl (C=O) groups excluding carboxylic acids is 1. The molecule has 1 amide bonds. The minimum Gasteiger partial charge on any atom is -0.495 e. The highest BCUT2D eigenvalue weighted by molar-refractivity contribution is 5.86. The highest BCUT2D eigenvalue weighted by atomic mass is 16.5. The zero-order valence-electron chi connectivity index (χ0n) is 14.5. The fraction of sp³-hybridized carbons (Fsp3) is 0.263. The van der Waals surface area contributed by atoms with Crippen molar-refractivity contribution in [2.75, 3.05) is 19.0 Å². The summed E-state index contributed by atoms with van der Waals surface area (Å²) in [5.74, 6) is 0.472. The Labute approximate surface area is 142 Å². The summed E-state index contributed by atoms with van der Waals surface area (Å²) in [5, 5.41) is 7.08. The van der Waals surface area contributed by atoms with Crippen LogP contribution >= 0.6 is 0 Å². The lowest BCUT2D eigenvalue weighted by Crippen LogP contribution is -2.26. The van der Waals surface area contributed by atoms with Gasteiger partial charge in [-0.3, -0.25) is 4.79 Å². The highest BCUT2D eigenvalue weighted by Crippen LogP contribution is 2.22. The molecule has 0 unspecified atom stereocenters. The van der Waals surface area contributed by atoms with Crippen molar-refractivity contribution < 1.29 is 9.53 Å². The molecule has 5 nitrogen and oxygen atoms in total. The van der Waals surface area contributed by atoms with Crippen LogP contribution in [0, 0.1) is 20.8 Å². The third-order valence-corrected chi connectivity index (χ3v) is 3.67. The Hall–Kier alpha value is -2.82. The number of nitrogens with one attached hydrogen (secondary N) is 2. The molecular weight excluding hydrogens is 302 g/mol. The third kappa shape index (κ3) is 4.59. The molecule has 126 valence electrons. The molecule has 2 aromatic rings. The van der Waals surface area contributed by atoms with Gasteiger partial charge < -0.3 is 10.1 Å². The van der Waals surface area contributed by atoms with Crippen molar-refractivity contribution in [3.8, 4) is 5.75 Å². The molecule has 0 aliphatic carbocycles. The van der Waals surface area contributed by atoms with Gasteiger partial charge in [-0.1, -0.05) is 29.8 Å². The number of carbonyl (C=O) groups is 1. The van der Waals surface area contributed by atoms with E-state index in [0.29, 0.717) is 5.75 Å². The van der Waals surface area contributed by atoms with Gasteiger partial charge >= 0.3 is 0 Å². The molecule has 5 heteroatoms. The van der Waals surface area contributed by atoms with Crippen LogP contribution in [0.15, 0.2) is 41.5 Å². The first-order valence-corrected chi connectivity index (χ1v) is 7.78. The predicted molar refractivity (Wildman–Crippen MR) is 97.9 cm³/mol. The Morgan fingerprint density at radius 3 is 2.50 bits per heavy atom. The minimum absolute atomic E-state index is 0.115. The maximum absolute atomic E-state index is 11.9. The third-order valence-electron chi connectivity index (χ3n) is 3.67. The van der Waals surface area contributed by atoms with Gasteiger partial charge in [0.2, 0.25) is 0 Å². The molecule has 24 heavy (non-hydrogen) atoms. The van der Waals surface area contributed by atoms with Crippen LogP contribution in [0.4, 0.5) is 5.69 Å². The van der Waals surface area contributed by atoms with Crippen LogP contribution in [-0.2, 0) is 4.79 Å². The summed E-state index contributed by atoms with van der Waals surface area (Å²) in [6.45, 7) is 6.24. The van der Waals surface area contributed by atoms with Gasteiger partial charge in [-0.25, -0.2) is 5.43 Å². The van der Waals surface area contributed by atoms with E-state index < -0.39 is 0 Å². The van der Waals surface area contributed by atoms with Gasteiger partial charge in [-0.05, 0) is 44.0 Å². The topological polar surface area (TPSA) is 62.7 Å². The maximum Gasteiger partial charge on any atom is 0.259 e. The average Bonchev–Trinajstić information content (AvgIpc) is 2.55. The van der Waals surface area contributed by atoms with Crippen molar-refractivity contribution in [1.29, 1.82) is 0 Å². The van der Waals surface area contributed by atoms with E-state index in [1.54, 1.807) is 13.3 Å². The van der Waals surface area contributed by atoms with Crippen molar-refractivity contribution in [1.82, 2.24) is 5.43 Å². The molecule has 0 saturated carbocycles. The number of benzene rings is 2. The summed E-state index contributed by atoms with van der Waals surface area (Å²) >= 11 is 0. The molecule has 0 bridgehead atoms. The molecule has 0 heterocycles. The van der Waals surface area contributed by atoms with Crippen LogP contribution in [0.2, 0.25) is 0 Å². The Kier molecular flexibility index (Phi) is 5.95. The Balaban J connectivity index is 1.92. The van der Waals surface area contributed by atoms with E-state index in [0.717, 1.165) is 22.4 Å². The SMILES string of the molecule is COc1ccccc1NCC(=O)NN=Cc1c(C)cc(C)cc1C. The molecule has 0 spiro atoms. The lowest BCUT2D eigenvalue weighted by Gasteiger charge is -2.10.